The van der Waals surface area contributed by atoms with Gasteiger partial charge in [-0.15, -0.1) is 0 Å². The van der Waals surface area contributed by atoms with Gasteiger partial charge in [0.15, 0.2) is 5.60 Å². The van der Waals surface area contributed by atoms with E-state index < -0.39 is 11.7 Å². The van der Waals surface area contributed by atoms with E-state index in [1.54, 1.807) is 0 Å². The fourth-order valence-electron chi connectivity index (χ4n) is 9.11. The van der Waals surface area contributed by atoms with Crippen molar-refractivity contribution in [3.63, 3.8) is 0 Å². The van der Waals surface area contributed by atoms with E-state index in [-0.39, 0.29) is 34.8 Å². The van der Waals surface area contributed by atoms with Crippen LogP contribution in [0.3, 0.4) is 0 Å². The number of hydrogen-bond donors (Lipinski definition) is 0. The molecule has 9 atom stereocenters. The van der Waals surface area contributed by atoms with Crippen LogP contribution in [0.15, 0.2) is 0 Å². The number of carbonyl (C=O) groups excluding carboxylic acids is 3. The third-order valence-electron chi connectivity index (χ3n) is 10.5. The molecular weight excluding hydrogens is 420 g/mol. The maximum absolute atomic E-state index is 12.2. The van der Waals surface area contributed by atoms with Crippen LogP contribution in [-0.4, -0.2) is 35.7 Å². The topological polar surface area (TPSA) is 78.9 Å². The highest BCUT2D eigenvalue weighted by atomic mass is 16.6. The molecule has 0 bridgehead atoms. The average molecular weight is 463 g/mol. The first-order valence-corrected chi connectivity index (χ1v) is 13.0. The number of hydrogen-bond acceptors (Lipinski definition) is 6. The van der Waals surface area contributed by atoms with Gasteiger partial charge in [-0.3, -0.25) is 14.4 Å². The molecule has 186 valence electrons. The molecule has 0 aliphatic heterocycles. The SMILES string of the molecule is CC(=O)O[C@@H]1CC[C@@]2(C)[C@@H](CC[C@@H]3[C@H]2CC[C@]2(C)[C@@H]3CC[C@]2(OC(C)=O)[C@H](C)OC(C)=O)C1. The minimum Gasteiger partial charge on any atom is -0.463 e. The van der Waals surface area contributed by atoms with Gasteiger partial charge in [0.1, 0.15) is 12.2 Å². The lowest BCUT2D eigenvalue weighted by Crippen LogP contribution is -2.61. The molecule has 4 saturated carbocycles. The summed E-state index contributed by atoms with van der Waals surface area (Å²) in [6, 6.07) is 0. The zero-order valence-corrected chi connectivity index (χ0v) is 21.3. The second-order valence-corrected chi connectivity index (χ2v) is 11.9. The van der Waals surface area contributed by atoms with Crippen LogP contribution < -0.4 is 0 Å². The number of rotatable bonds is 4. The van der Waals surface area contributed by atoms with Crippen molar-refractivity contribution in [3.8, 4) is 0 Å². The maximum atomic E-state index is 12.2. The van der Waals surface area contributed by atoms with E-state index in [4.69, 9.17) is 14.2 Å². The van der Waals surface area contributed by atoms with Gasteiger partial charge < -0.3 is 14.2 Å². The van der Waals surface area contributed by atoms with Gasteiger partial charge in [0.05, 0.1) is 0 Å². The Kier molecular flexibility index (Phi) is 6.37. The number of carbonyl (C=O) groups is 3. The van der Waals surface area contributed by atoms with Crippen LogP contribution >= 0.6 is 0 Å². The molecule has 4 aliphatic rings. The van der Waals surface area contributed by atoms with Crippen LogP contribution in [-0.2, 0) is 28.6 Å². The maximum Gasteiger partial charge on any atom is 0.303 e. The molecule has 0 saturated heterocycles. The van der Waals surface area contributed by atoms with Crippen LogP contribution in [0.2, 0.25) is 0 Å². The van der Waals surface area contributed by atoms with Crippen LogP contribution in [0.1, 0.15) is 99.3 Å². The van der Waals surface area contributed by atoms with Gasteiger partial charge in [-0.25, -0.2) is 0 Å². The molecule has 0 aromatic rings. The van der Waals surface area contributed by atoms with Crippen molar-refractivity contribution in [2.24, 2.45) is 34.5 Å². The van der Waals surface area contributed by atoms with E-state index in [0.29, 0.717) is 23.7 Å². The second-order valence-electron chi connectivity index (χ2n) is 11.9. The molecular formula is C27H42O6. The Bertz CT molecular complexity index is 808. The minimum absolute atomic E-state index is 0.0682. The molecule has 0 N–H and O–H groups in total. The van der Waals surface area contributed by atoms with Gasteiger partial charge in [0.25, 0.3) is 0 Å². The van der Waals surface area contributed by atoms with Gasteiger partial charge in [-0.2, -0.15) is 0 Å². The molecule has 6 nitrogen and oxygen atoms in total. The largest absolute Gasteiger partial charge is 0.463 e. The Hall–Kier alpha value is -1.59. The molecule has 0 aromatic carbocycles. The summed E-state index contributed by atoms with van der Waals surface area (Å²) in [5.41, 5.74) is -0.688. The van der Waals surface area contributed by atoms with Gasteiger partial charge in [0, 0.05) is 26.2 Å². The standard InChI is InChI=1S/C27H42O6/c1-16(31-17(2)28)27(33-19(4)30)14-11-24-22-8-7-20-15-21(32-18(3)29)9-12-25(20,5)23(22)10-13-26(24,27)6/h16,20-24H,7-15H2,1-6H3/t16-,20-,21+,22+,23+,24+,25-,26+,27-/m0/s1. The minimum atomic E-state index is -0.759. The Balaban J connectivity index is 1.59. The number of ether oxygens (including phenoxy) is 3. The summed E-state index contributed by atoms with van der Waals surface area (Å²) in [6.07, 6.45) is 8.85. The Morgan fingerprint density at radius 1 is 0.818 bits per heavy atom. The zero-order chi connectivity index (χ0) is 24.2. The van der Waals surface area contributed by atoms with Crippen LogP contribution in [0.25, 0.3) is 0 Å². The lowest BCUT2D eigenvalue weighted by atomic mass is 9.44. The molecule has 0 spiro atoms. The third kappa shape index (κ3) is 3.89. The smallest absolute Gasteiger partial charge is 0.303 e. The third-order valence-corrected chi connectivity index (χ3v) is 10.5. The first-order chi connectivity index (χ1) is 15.4. The summed E-state index contributed by atoms with van der Waals surface area (Å²) in [5, 5.41) is 0. The van der Waals surface area contributed by atoms with E-state index in [1.165, 1.54) is 33.6 Å². The first kappa shape index (κ1) is 24.5. The highest BCUT2D eigenvalue weighted by Gasteiger charge is 2.68. The molecule has 4 rings (SSSR count). The Morgan fingerprint density at radius 3 is 2.15 bits per heavy atom. The fourth-order valence-corrected chi connectivity index (χ4v) is 9.11. The van der Waals surface area contributed by atoms with E-state index in [0.717, 1.165) is 44.9 Å². The quantitative estimate of drug-likeness (QED) is 0.421. The molecule has 4 fully saturated rings. The van der Waals surface area contributed by atoms with Crippen molar-refractivity contribution >= 4 is 17.9 Å². The van der Waals surface area contributed by atoms with E-state index in [1.807, 2.05) is 6.92 Å². The van der Waals surface area contributed by atoms with Crippen LogP contribution in [0.4, 0.5) is 0 Å². The van der Waals surface area contributed by atoms with Crippen molar-refractivity contribution in [1.82, 2.24) is 0 Å². The molecule has 0 aromatic heterocycles. The van der Waals surface area contributed by atoms with E-state index in [2.05, 4.69) is 13.8 Å². The summed E-state index contributed by atoms with van der Waals surface area (Å²) in [5.74, 6) is 1.51. The summed E-state index contributed by atoms with van der Waals surface area (Å²) < 4.78 is 17.4. The second kappa shape index (κ2) is 8.57. The predicted octanol–water partition coefficient (Wildman–Crippen LogP) is 5.21. The van der Waals surface area contributed by atoms with Crippen molar-refractivity contribution in [2.75, 3.05) is 0 Å². The zero-order valence-electron chi connectivity index (χ0n) is 21.3. The lowest BCUT2D eigenvalue weighted by Gasteiger charge is -2.62. The molecule has 0 radical (unpaired) electrons. The molecule has 6 heteroatoms. The van der Waals surface area contributed by atoms with Crippen LogP contribution in [0.5, 0.6) is 0 Å². The molecule has 0 unspecified atom stereocenters. The summed E-state index contributed by atoms with van der Waals surface area (Å²) in [6.45, 7) is 11.1. The van der Waals surface area contributed by atoms with Crippen molar-refractivity contribution in [3.05, 3.63) is 0 Å². The molecule has 0 heterocycles. The normalized spacial score (nSPS) is 45.1. The Labute approximate surface area is 198 Å². The molecule has 0 amide bonds. The highest BCUT2D eigenvalue weighted by molar-refractivity contribution is 5.68. The summed E-state index contributed by atoms with van der Waals surface area (Å²) in [4.78, 5) is 35.6. The highest BCUT2D eigenvalue weighted by Crippen LogP contribution is 2.69. The predicted molar refractivity (Wildman–Crippen MR) is 123 cm³/mol. The average Bonchev–Trinajstić information content (AvgIpc) is 3.00. The Morgan fingerprint density at radius 2 is 1.52 bits per heavy atom. The molecule has 33 heavy (non-hydrogen) atoms. The van der Waals surface area contributed by atoms with Gasteiger partial charge >= 0.3 is 17.9 Å². The van der Waals surface area contributed by atoms with Crippen molar-refractivity contribution < 1.29 is 28.6 Å². The number of fused-ring (bicyclic) bond motifs is 5. The monoisotopic (exact) mass is 462 g/mol. The van der Waals surface area contributed by atoms with E-state index >= 15 is 0 Å². The number of esters is 3. The van der Waals surface area contributed by atoms with Gasteiger partial charge in [0.2, 0.25) is 0 Å². The van der Waals surface area contributed by atoms with E-state index in [9.17, 15) is 14.4 Å². The van der Waals surface area contributed by atoms with Gasteiger partial charge in [-0.1, -0.05) is 13.8 Å². The lowest BCUT2D eigenvalue weighted by molar-refractivity contribution is -0.219. The molecule has 4 aliphatic carbocycles. The fraction of sp³-hybridized carbons (Fsp3) is 0.889. The van der Waals surface area contributed by atoms with Crippen molar-refractivity contribution in [2.45, 2.75) is 117 Å². The van der Waals surface area contributed by atoms with Crippen LogP contribution in [0, 0.1) is 34.5 Å². The van der Waals surface area contributed by atoms with Gasteiger partial charge in [-0.05, 0) is 93.8 Å². The summed E-state index contributed by atoms with van der Waals surface area (Å²) in [7, 11) is 0. The first-order valence-electron chi connectivity index (χ1n) is 13.0. The van der Waals surface area contributed by atoms with Crippen molar-refractivity contribution in [1.29, 1.82) is 0 Å². The summed E-state index contributed by atoms with van der Waals surface area (Å²) >= 11 is 0.